The van der Waals surface area contributed by atoms with Crippen LogP contribution in [0, 0.1) is 0 Å². The lowest BCUT2D eigenvalue weighted by atomic mass is 10.1. The van der Waals surface area contributed by atoms with Gasteiger partial charge in [-0.3, -0.25) is 4.98 Å². The van der Waals surface area contributed by atoms with Gasteiger partial charge in [-0.2, -0.15) is 0 Å². The van der Waals surface area contributed by atoms with Gasteiger partial charge in [-0.1, -0.05) is 30.3 Å². The molecule has 0 spiro atoms. The summed E-state index contributed by atoms with van der Waals surface area (Å²) in [6.07, 6.45) is 1.38. The van der Waals surface area contributed by atoms with E-state index in [1.54, 1.807) is 17.0 Å². The van der Waals surface area contributed by atoms with E-state index < -0.39 is 21.8 Å². The first-order valence-corrected chi connectivity index (χ1v) is 10.5. The predicted molar refractivity (Wildman–Crippen MR) is 102 cm³/mol. The molecular formula is C19H21N3O5S. The molecule has 0 aliphatic carbocycles. The Labute approximate surface area is 163 Å². The molecular weight excluding hydrogens is 382 g/mol. The van der Waals surface area contributed by atoms with E-state index in [-0.39, 0.29) is 30.6 Å². The summed E-state index contributed by atoms with van der Waals surface area (Å²) >= 11 is 0. The Hall–Kier alpha value is -2.94. The van der Waals surface area contributed by atoms with Gasteiger partial charge in [0.05, 0.1) is 42.5 Å². The van der Waals surface area contributed by atoms with Crippen molar-refractivity contribution in [1.29, 1.82) is 0 Å². The molecule has 8 nitrogen and oxygen atoms in total. The van der Waals surface area contributed by atoms with Crippen molar-refractivity contribution in [2.75, 3.05) is 25.2 Å². The smallest absolute Gasteiger partial charge is 0.339 e. The topological polar surface area (TPSA) is 106 Å². The Morgan fingerprint density at radius 2 is 1.96 bits per heavy atom. The second kappa shape index (κ2) is 8.39. The number of nitrogens with zero attached hydrogens (tertiary/aromatic N) is 2. The lowest BCUT2D eigenvalue weighted by Gasteiger charge is -2.35. The quantitative estimate of drug-likeness (QED) is 0.777. The highest BCUT2D eigenvalue weighted by atomic mass is 32.2. The molecule has 0 radical (unpaired) electrons. The highest BCUT2D eigenvalue weighted by Crippen LogP contribution is 2.26. The Bertz CT molecular complexity index is 945. The average molecular weight is 403 g/mol. The van der Waals surface area contributed by atoms with E-state index in [9.17, 15) is 18.0 Å². The standard InChI is InChI=1S/C19H21N3O5S/c1-27-18(23)15-7-8-16(20-11-15)12-21-19(24)22-9-10-28(25,26)13-17(22)14-5-3-2-4-6-14/h2-8,11,17H,9-10,12-13H2,1H3,(H,21,24). The number of esters is 1. The lowest BCUT2D eigenvalue weighted by molar-refractivity contribution is 0.0600. The van der Waals surface area contributed by atoms with Gasteiger partial charge in [0, 0.05) is 12.7 Å². The summed E-state index contributed by atoms with van der Waals surface area (Å²) in [5.74, 6) is -0.643. The van der Waals surface area contributed by atoms with Crippen LogP contribution in [0.5, 0.6) is 0 Å². The van der Waals surface area contributed by atoms with Gasteiger partial charge in [0.2, 0.25) is 0 Å². The van der Waals surface area contributed by atoms with E-state index in [1.165, 1.54) is 13.3 Å². The van der Waals surface area contributed by atoms with E-state index in [4.69, 9.17) is 0 Å². The summed E-state index contributed by atoms with van der Waals surface area (Å²) in [4.78, 5) is 29.8. The monoisotopic (exact) mass is 403 g/mol. The fourth-order valence-electron chi connectivity index (χ4n) is 3.04. The minimum absolute atomic E-state index is 0.0597. The number of sulfone groups is 1. The summed E-state index contributed by atoms with van der Waals surface area (Å²) in [6.45, 7) is 0.285. The van der Waals surface area contributed by atoms with Crippen LogP contribution in [0.3, 0.4) is 0 Å². The van der Waals surface area contributed by atoms with Gasteiger partial charge in [-0.15, -0.1) is 0 Å². The molecule has 1 unspecified atom stereocenters. The van der Waals surface area contributed by atoms with Gasteiger partial charge in [-0.05, 0) is 17.7 Å². The molecule has 9 heteroatoms. The second-order valence-corrected chi connectivity index (χ2v) is 8.65. The maximum absolute atomic E-state index is 12.7. The van der Waals surface area contributed by atoms with Crippen molar-refractivity contribution in [1.82, 2.24) is 15.2 Å². The number of carbonyl (C=O) groups is 2. The highest BCUT2D eigenvalue weighted by Gasteiger charge is 2.35. The van der Waals surface area contributed by atoms with E-state index in [0.29, 0.717) is 11.3 Å². The number of pyridine rings is 1. The number of ether oxygens (including phenoxy) is 1. The molecule has 1 saturated heterocycles. The van der Waals surface area contributed by atoms with Crippen LogP contribution in [0.15, 0.2) is 48.7 Å². The van der Waals surface area contributed by atoms with Crippen LogP contribution < -0.4 is 5.32 Å². The summed E-state index contributed by atoms with van der Waals surface area (Å²) in [6, 6.07) is 11.4. The van der Waals surface area contributed by atoms with Gasteiger partial charge >= 0.3 is 12.0 Å². The van der Waals surface area contributed by atoms with Gasteiger partial charge in [0.1, 0.15) is 0 Å². The molecule has 2 heterocycles. The molecule has 2 amide bonds. The van der Waals surface area contributed by atoms with E-state index in [2.05, 4.69) is 15.0 Å². The number of benzene rings is 1. The minimum Gasteiger partial charge on any atom is -0.465 e. The highest BCUT2D eigenvalue weighted by molar-refractivity contribution is 7.91. The van der Waals surface area contributed by atoms with Crippen molar-refractivity contribution < 1.29 is 22.7 Å². The first-order chi connectivity index (χ1) is 13.4. The Kier molecular flexibility index (Phi) is 5.93. The number of rotatable bonds is 4. The second-order valence-electron chi connectivity index (χ2n) is 6.42. The third-order valence-electron chi connectivity index (χ3n) is 4.54. The number of hydrogen-bond acceptors (Lipinski definition) is 6. The first-order valence-electron chi connectivity index (χ1n) is 8.73. The molecule has 1 aromatic heterocycles. The van der Waals surface area contributed by atoms with Crippen molar-refractivity contribution in [2.45, 2.75) is 12.6 Å². The molecule has 1 N–H and O–H groups in total. The lowest BCUT2D eigenvalue weighted by Crippen LogP contribution is -2.49. The summed E-state index contributed by atoms with van der Waals surface area (Å²) in [5, 5.41) is 2.77. The van der Waals surface area contributed by atoms with Gasteiger partial charge in [-0.25, -0.2) is 18.0 Å². The number of aromatic nitrogens is 1. The van der Waals surface area contributed by atoms with Gasteiger partial charge in [0.15, 0.2) is 9.84 Å². The maximum atomic E-state index is 12.7. The number of hydrogen-bond donors (Lipinski definition) is 1. The van der Waals surface area contributed by atoms with E-state index >= 15 is 0 Å². The molecule has 2 aromatic rings. The third-order valence-corrected chi connectivity index (χ3v) is 6.17. The third kappa shape index (κ3) is 4.66. The fourth-order valence-corrected chi connectivity index (χ4v) is 4.53. The zero-order valence-electron chi connectivity index (χ0n) is 15.4. The molecule has 28 heavy (non-hydrogen) atoms. The van der Waals surface area contributed by atoms with Crippen molar-refractivity contribution in [2.24, 2.45) is 0 Å². The van der Waals surface area contributed by atoms with Crippen LogP contribution >= 0.6 is 0 Å². The minimum atomic E-state index is -3.21. The molecule has 0 saturated carbocycles. The van der Waals surface area contributed by atoms with Crippen molar-refractivity contribution >= 4 is 21.8 Å². The molecule has 3 rings (SSSR count). The first kappa shape index (κ1) is 19.8. The van der Waals surface area contributed by atoms with Crippen molar-refractivity contribution in [3.63, 3.8) is 0 Å². The fraction of sp³-hybridized carbons (Fsp3) is 0.316. The number of methoxy groups -OCH3 is 1. The molecule has 1 aliphatic heterocycles. The molecule has 148 valence electrons. The van der Waals surface area contributed by atoms with Crippen LogP contribution in [0.1, 0.15) is 27.7 Å². The molecule has 0 bridgehead atoms. The Balaban J connectivity index is 1.69. The predicted octanol–water partition coefficient (Wildman–Crippen LogP) is 1.55. The number of carbonyl (C=O) groups excluding carboxylic acids is 2. The Morgan fingerprint density at radius 3 is 2.61 bits per heavy atom. The van der Waals surface area contributed by atoms with Crippen molar-refractivity contribution in [3.8, 4) is 0 Å². The molecule has 1 atom stereocenters. The SMILES string of the molecule is COC(=O)c1ccc(CNC(=O)N2CCS(=O)(=O)CC2c2ccccc2)nc1. The van der Waals surface area contributed by atoms with Crippen LogP contribution in [0.4, 0.5) is 4.79 Å². The van der Waals surface area contributed by atoms with Gasteiger partial charge in [0.25, 0.3) is 0 Å². The largest absolute Gasteiger partial charge is 0.465 e. The average Bonchev–Trinajstić information content (AvgIpc) is 2.72. The van der Waals surface area contributed by atoms with Crippen molar-refractivity contribution in [3.05, 3.63) is 65.5 Å². The zero-order valence-corrected chi connectivity index (χ0v) is 16.2. The number of amides is 2. The summed E-state index contributed by atoms with van der Waals surface area (Å²) < 4.78 is 28.8. The summed E-state index contributed by atoms with van der Waals surface area (Å²) in [5.41, 5.74) is 1.67. The Morgan fingerprint density at radius 1 is 1.21 bits per heavy atom. The normalized spacial score (nSPS) is 18.3. The summed E-state index contributed by atoms with van der Waals surface area (Å²) in [7, 11) is -1.92. The number of nitrogens with one attached hydrogen (secondary N) is 1. The maximum Gasteiger partial charge on any atom is 0.339 e. The van der Waals surface area contributed by atoms with Gasteiger partial charge < -0.3 is 15.0 Å². The van der Waals surface area contributed by atoms with Crippen LogP contribution in [-0.2, 0) is 21.1 Å². The van der Waals surface area contributed by atoms with E-state index in [0.717, 1.165) is 5.56 Å². The molecule has 1 aromatic carbocycles. The van der Waals surface area contributed by atoms with Crippen LogP contribution in [-0.4, -0.2) is 55.5 Å². The van der Waals surface area contributed by atoms with E-state index in [1.807, 2.05) is 30.3 Å². The molecule has 1 fully saturated rings. The van der Waals surface area contributed by atoms with Crippen LogP contribution in [0.25, 0.3) is 0 Å². The zero-order chi connectivity index (χ0) is 20.1. The van der Waals surface area contributed by atoms with Crippen LogP contribution in [0.2, 0.25) is 0 Å². The number of urea groups is 1. The molecule has 1 aliphatic rings.